The van der Waals surface area contributed by atoms with E-state index in [0.29, 0.717) is 61.5 Å². The van der Waals surface area contributed by atoms with Gasteiger partial charge in [-0.3, -0.25) is 4.79 Å². The van der Waals surface area contributed by atoms with Crippen molar-refractivity contribution in [2.75, 3.05) is 47.8 Å². The number of amides is 2. The van der Waals surface area contributed by atoms with E-state index in [-0.39, 0.29) is 18.4 Å². The predicted molar refractivity (Wildman–Crippen MR) is 189 cm³/mol. The number of ether oxygens (including phenoxy) is 2. The molecule has 47 heavy (non-hydrogen) atoms. The van der Waals surface area contributed by atoms with E-state index in [4.69, 9.17) is 14.5 Å². The number of carbonyl (C=O) groups excluding carboxylic acids is 3. The van der Waals surface area contributed by atoms with Crippen molar-refractivity contribution in [2.45, 2.75) is 86.3 Å². The first kappa shape index (κ1) is 37.3. The number of esters is 1. The molecule has 1 N–H and O–H groups in total. The van der Waals surface area contributed by atoms with Crippen LogP contribution in [-0.2, 0) is 16.0 Å². The smallest absolute Gasteiger partial charge is 0.415 e. The van der Waals surface area contributed by atoms with Crippen molar-refractivity contribution >= 4 is 46.8 Å². The Bertz CT molecular complexity index is 1430. The molecule has 1 aliphatic heterocycles. The minimum atomic E-state index is -0.851. The van der Waals surface area contributed by atoms with E-state index in [1.807, 2.05) is 77.8 Å². The molecule has 1 aliphatic rings. The zero-order chi connectivity index (χ0) is 34.6. The summed E-state index contributed by atoms with van der Waals surface area (Å²) >= 11 is 1.45. The van der Waals surface area contributed by atoms with E-state index in [9.17, 15) is 14.4 Å². The molecule has 2 amide bonds. The molecule has 1 unspecified atom stereocenters. The number of likely N-dealkylation sites (tertiary alicyclic amines) is 1. The highest BCUT2D eigenvalue weighted by Crippen LogP contribution is 2.29. The van der Waals surface area contributed by atoms with Gasteiger partial charge in [-0.05, 0) is 83.5 Å². The van der Waals surface area contributed by atoms with Gasteiger partial charge in [-0.1, -0.05) is 26.0 Å². The highest BCUT2D eigenvalue weighted by atomic mass is 32.1. The Morgan fingerprint density at radius 2 is 1.66 bits per heavy atom. The minimum Gasteiger partial charge on any atom is -0.458 e. The highest BCUT2D eigenvalue weighted by molar-refractivity contribution is 7.08. The molecule has 4 rings (SSSR count). The number of aromatic nitrogens is 2. The molecular formula is C35H50N6O5S. The summed E-state index contributed by atoms with van der Waals surface area (Å²) in [6.07, 6.45) is 3.49. The van der Waals surface area contributed by atoms with Gasteiger partial charge in [0.1, 0.15) is 23.1 Å². The Morgan fingerprint density at radius 3 is 2.21 bits per heavy atom. The fraction of sp³-hybridized carbons (Fsp3) is 0.514. The van der Waals surface area contributed by atoms with Gasteiger partial charge in [-0.15, -0.1) is 0 Å². The van der Waals surface area contributed by atoms with Gasteiger partial charge in [0.25, 0.3) is 5.91 Å². The van der Waals surface area contributed by atoms with Crippen molar-refractivity contribution < 1.29 is 23.9 Å². The molecule has 3 aromatic rings. The average molecular weight is 667 g/mol. The van der Waals surface area contributed by atoms with Crippen molar-refractivity contribution in [1.82, 2.24) is 14.9 Å². The Balaban J connectivity index is 0.00000294. The highest BCUT2D eigenvalue weighted by Gasteiger charge is 2.29. The van der Waals surface area contributed by atoms with E-state index < -0.39 is 17.6 Å². The molecule has 11 nitrogen and oxygen atoms in total. The Kier molecular flexibility index (Phi) is 14.0. The molecule has 1 fully saturated rings. The maximum atomic E-state index is 13.6. The van der Waals surface area contributed by atoms with Crippen LogP contribution in [0.4, 0.5) is 22.2 Å². The van der Waals surface area contributed by atoms with E-state index in [1.165, 1.54) is 11.3 Å². The lowest BCUT2D eigenvalue weighted by Gasteiger charge is -2.28. The van der Waals surface area contributed by atoms with Gasteiger partial charge in [-0.2, -0.15) is 16.3 Å². The van der Waals surface area contributed by atoms with Gasteiger partial charge >= 0.3 is 12.1 Å². The molecule has 12 heteroatoms. The maximum absolute atomic E-state index is 13.6. The quantitative estimate of drug-likeness (QED) is 0.203. The summed E-state index contributed by atoms with van der Waals surface area (Å²) in [6.45, 7) is 18.5. The molecule has 1 saturated heterocycles. The second-order valence-corrected chi connectivity index (χ2v) is 12.6. The third-order valence-corrected chi connectivity index (χ3v) is 8.04. The number of nitrogens with one attached hydrogen (secondary N) is 1. The molecule has 1 atom stereocenters. The monoisotopic (exact) mass is 666 g/mol. The van der Waals surface area contributed by atoms with Gasteiger partial charge in [0.2, 0.25) is 5.95 Å². The normalized spacial score (nSPS) is 13.2. The Hall–Kier alpha value is -4.19. The Morgan fingerprint density at radius 1 is 1.00 bits per heavy atom. The molecule has 3 heterocycles. The first-order valence-electron chi connectivity index (χ1n) is 16.5. The van der Waals surface area contributed by atoms with Gasteiger partial charge < -0.3 is 29.5 Å². The van der Waals surface area contributed by atoms with Crippen molar-refractivity contribution in [2.24, 2.45) is 0 Å². The van der Waals surface area contributed by atoms with Gasteiger partial charge in [-0.25, -0.2) is 14.6 Å². The third-order valence-electron chi connectivity index (χ3n) is 7.36. The second kappa shape index (κ2) is 17.7. The lowest BCUT2D eigenvalue weighted by Crippen LogP contribution is -2.39. The summed E-state index contributed by atoms with van der Waals surface area (Å²) in [5.41, 5.74) is 1.12. The zero-order valence-corrected chi connectivity index (χ0v) is 29.9. The summed E-state index contributed by atoms with van der Waals surface area (Å²) in [5, 5.41) is 6.99. The molecule has 1 aromatic carbocycles. The lowest BCUT2D eigenvalue weighted by molar-refractivity contribution is -0.155. The molecule has 256 valence electrons. The number of carbonyl (C=O) groups is 3. The summed E-state index contributed by atoms with van der Waals surface area (Å²) in [7, 11) is 0. The largest absolute Gasteiger partial charge is 0.458 e. The molecule has 0 radical (unpaired) electrons. The fourth-order valence-corrected chi connectivity index (χ4v) is 5.65. The first-order valence-corrected chi connectivity index (χ1v) is 17.5. The lowest BCUT2D eigenvalue weighted by atomic mass is 10.0. The van der Waals surface area contributed by atoms with Crippen LogP contribution < -0.4 is 19.9 Å². The number of benzene rings is 1. The van der Waals surface area contributed by atoms with Crippen LogP contribution in [0.1, 0.15) is 84.2 Å². The summed E-state index contributed by atoms with van der Waals surface area (Å²) in [5.74, 6) is 0.619. The molecule has 0 spiro atoms. The number of hydrogen-bond acceptors (Lipinski definition) is 10. The second-order valence-electron chi connectivity index (χ2n) is 11.8. The number of thiophene rings is 1. The van der Waals surface area contributed by atoms with Crippen LogP contribution in [-0.4, -0.2) is 77.2 Å². The summed E-state index contributed by atoms with van der Waals surface area (Å²) in [4.78, 5) is 54.3. The minimum absolute atomic E-state index is 0.186. The van der Waals surface area contributed by atoms with Crippen LogP contribution in [0.25, 0.3) is 0 Å². The number of nitrogens with zero attached hydrogens (tertiary/aromatic N) is 5. The molecule has 0 saturated carbocycles. The van der Waals surface area contributed by atoms with Gasteiger partial charge in [0.15, 0.2) is 5.82 Å². The maximum Gasteiger partial charge on any atom is 0.415 e. The van der Waals surface area contributed by atoms with Crippen LogP contribution in [0.3, 0.4) is 0 Å². The van der Waals surface area contributed by atoms with E-state index >= 15 is 0 Å². The van der Waals surface area contributed by atoms with Crippen LogP contribution >= 0.6 is 11.3 Å². The standard InChI is InChI=1S/C33H44N6O5S.C2H6/c1-7-37(8-2)31-34-21-27(39(9-3)29(40)24-16-19-45-22-24)28(36-31)35-26(30(41)44-33(4,5)6)20-23-12-14-25(15-13-23)43-32(42)38-17-10-11-18-38;1-2/h12-16,19,21-22,26H,7-11,17-18,20H2,1-6H3,(H,34,35,36);1-2H3. The molecule has 2 aromatic heterocycles. The molecule has 0 bridgehead atoms. The number of rotatable bonds is 12. The van der Waals surface area contributed by atoms with Gasteiger partial charge in [0.05, 0.1) is 11.8 Å². The average Bonchev–Trinajstić information content (AvgIpc) is 3.79. The topological polar surface area (TPSA) is 117 Å². The van der Waals surface area contributed by atoms with E-state index in [1.54, 1.807) is 39.6 Å². The number of hydrogen-bond donors (Lipinski definition) is 1. The van der Waals surface area contributed by atoms with Crippen LogP contribution in [0.15, 0.2) is 47.3 Å². The van der Waals surface area contributed by atoms with Crippen molar-refractivity contribution in [3.8, 4) is 5.75 Å². The van der Waals surface area contributed by atoms with Crippen molar-refractivity contribution in [3.63, 3.8) is 0 Å². The predicted octanol–water partition coefficient (Wildman–Crippen LogP) is 7.04. The van der Waals surface area contributed by atoms with Crippen LogP contribution in [0.2, 0.25) is 0 Å². The van der Waals surface area contributed by atoms with E-state index in [0.717, 1.165) is 18.4 Å². The summed E-state index contributed by atoms with van der Waals surface area (Å²) < 4.78 is 11.4. The zero-order valence-electron chi connectivity index (χ0n) is 29.0. The molecular weight excluding hydrogens is 616 g/mol. The number of anilines is 3. The fourth-order valence-electron chi connectivity index (χ4n) is 5.02. The first-order chi connectivity index (χ1) is 22.5. The van der Waals surface area contributed by atoms with Crippen molar-refractivity contribution in [1.29, 1.82) is 0 Å². The SMILES string of the molecule is CC.CCN(CC)c1ncc(N(CC)C(=O)c2ccsc2)c(NC(Cc2ccc(OC(=O)N3CCCC3)cc2)C(=O)OC(C)(C)C)n1. The van der Waals surface area contributed by atoms with Crippen LogP contribution in [0, 0.1) is 0 Å². The van der Waals surface area contributed by atoms with Gasteiger partial charge in [0, 0.05) is 44.5 Å². The van der Waals surface area contributed by atoms with Crippen molar-refractivity contribution in [3.05, 3.63) is 58.4 Å². The Labute approximate surface area is 283 Å². The van der Waals surface area contributed by atoms with Crippen LogP contribution in [0.5, 0.6) is 5.75 Å². The third kappa shape index (κ3) is 10.4. The summed E-state index contributed by atoms with van der Waals surface area (Å²) in [6, 6.07) is 8.03. The molecule has 0 aliphatic carbocycles. The van der Waals surface area contributed by atoms with E-state index in [2.05, 4.69) is 10.3 Å².